The van der Waals surface area contributed by atoms with Crippen LogP contribution in [0.1, 0.15) is 6.92 Å². The number of hydrogen-bond donors (Lipinski definition) is 3. The van der Waals surface area contributed by atoms with Gasteiger partial charge in [-0.2, -0.15) is 11.8 Å². The summed E-state index contributed by atoms with van der Waals surface area (Å²) < 4.78 is 0. The summed E-state index contributed by atoms with van der Waals surface area (Å²) in [5.41, 5.74) is 0. The van der Waals surface area contributed by atoms with Crippen LogP contribution in [-0.4, -0.2) is 46.2 Å². The molecule has 0 aliphatic carbocycles. The molecule has 3 N–H and O–H groups in total. The van der Waals surface area contributed by atoms with Gasteiger partial charge in [0.05, 0.1) is 6.61 Å². The lowest BCUT2D eigenvalue weighted by atomic mass is 10.3. The summed E-state index contributed by atoms with van der Waals surface area (Å²) in [6, 6.07) is -0.852. The molecular weight excluding hydrogens is 218 g/mol. The topological polar surface area (TPSA) is 86.6 Å². The molecule has 0 spiro atoms. The maximum atomic E-state index is 10.7. The summed E-state index contributed by atoms with van der Waals surface area (Å²) in [4.78, 5) is 21.3. The number of aliphatic hydroxyl groups excluding tert-OH is 1. The highest BCUT2D eigenvalue weighted by atomic mass is 32.2. The molecule has 6 heteroatoms. The highest BCUT2D eigenvalue weighted by Gasteiger charge is 2.17. The van der Waals surface area contributed by atoms with Gasteiger partial charge in [-0.25, -0.2) is 4.79 Å². The molecule has 1 atom stereocenters. The van der Waals surface area contributed by atoms with Crippen molar-refractivity contribution in [3.8, 4) is 0 Å². The zero-order valence-corrected chi connectivity index (χ0v) is 9.29. The van der Waals surface area contributed by atoms with Crippen LogP contribution in [0.5, 0.6) is 0 Å². The molecule has 0 unspecified atom stereocenters. The summed E-state index contributed by atoms with van der Waals surface area (Å²) >= 11 is 1.38. The molecule has 0 aromatic rings. The third kappa shape index (κ3) is 8.02. The van der Waals surface area contributed by atoms with Crippen LogP contribution in [0.15, 0.2) is 12.2 Å². The van der Waals surface area contributed by atoms with E-state index >= 15 is 0 Å². The van der Waals surface area contributed by atoms with E-state index in [1.807, 2.05) is 0 Å². The molecule has 0 aromatic carbocycles. The number of aliphatic hydroxyl groups is 1. The van der Waals surface area contributed by atoms with Gasteiger partial charge in [0.25, 0.3) is 0 Å². The van der Waals surface area contributed by atoms with Crippen molar-refractivity contribution in [3.63, 3.8) is 0 Å². The number of thioether (sulfide) groups is 1. The Kier molecular flexibility index (Phi) is 7.75. The van der Waals surface area contributed by atoms with E-state index in [4.69, 9.17) is 10.2 Å². The van der Waals surface area contributed by atoms with Crippen LogP contribution in [0.4, 0.5) is 0 Å². The van der Waals surface area contributed by atoms with Crippen molar-refractivity contribution in [2.75, 3.05) is 18.1 Å². The number of amides is 1. The molecule has 5 nitrogen and oxygen atoms in total. The second-order valence-corrected chi connectivity index (χ2v) is 3.86. The van der Waals surface area contributed by atoms with Gasteiger partial charge in [-0.15, -0.1) is 0 Å². The minimum absolute atomic E-state index is 0.0192. The average molecular weight is 233 g/mol. The summed E-state index contributed by atoms with van der Waals surface area (Å²) in [6.45, 7) is 1.26. The van der Waals surface area contributed by atoms with Gasteiger partial charge < -0.3 is 15.5 Å². The molecule has 0 heterocycles. The number of hydrogen-bond acceptors (Lipinski definition) is 4. The van der Waals surface area contributed by atoms with Crippen LogP contribution in [0.2, 0.25) is 0 Å². The predicted molar refractivity (Wildman–Crippen MR) is 58.8 cm³/mol. The molecule has 0 bridgehead atoms. The highest BCUT2D eigenvalue weighted by Crippen LogP contribution is 2.03. The number of carboxylic acid groups (broad SMARTS) is 1. The number of nitrogens with one attached hydrogen (secondary N) is 1. The average Bonchev–Trinajstić information content (AvgIpc) is 2.15. The zero-order valence-electron chi connectivity index (χ0n) is 8.47. The Morgan fingerprint density at radius 1 is 1.47 bits per heavy atom. The Hall–Kier alpha value is -1.01. The first-order valence-electron chi connectivity index (χ1n) is 4.41. The molecule has 0 aliphatic rings. The van der Waals surface area contributed by atoms with Crippen molar-refractivity contribution in [1.82, 2.24) is 5.32 Å². The Morgan fingerprint density at radius 3 is 2.60 bits per heavy atom. The lowest BCUT2D eigenvalue weighted by Gasteiger charge is -2.11. The van der Waals surface area contributed by atoms with E-state index in [0.717, 1.165) is 0 Å². The first-order chi connectivity index (χ1) is 7.07. The second kappa shape index (κ2) is 8.31. The minimum Gasteiger partial charge on any atom is -0.480 e. The summed E-state index contributed by atoms with van der Waals surface area (Å²) in [5, 5.41) is 19.5. The molecule has 0 saturated heterocycles. The molecule has 15 heavy (non-hydrogen) atoms. The molecule has 1 amide bonds. The lowest BCUT2D eigenvalue weighted by molar-refractivity contribution is -0.140. The van der Waals surface area contributed by atoms with E-state index in [1.54, 1.807) is 12.2 Å². The quantitative estimate of drug-likeness (QED) is 0.421. The van der Waals surface area contributed by atoms with Crippen LogP contribution >= 0.6 is 11.8 Å². The fraction of sp³-hybridized carbons (Fsp3) is 0.556. The number of carboxylic acids is 1. The number of carbonyl (C=O) groups excluding carboxylic acids is 1. The van der Waals surface area contributed by atoms with Crippen molar-refractivity contribution >= 4 is 23.6 Å². The number of aliphatic carboxylic acids is 1. The van der Waals surface area contributed by atoms with Crippen LogP contribution in [0, 0.1) is 0 Å². The molecule has 0 radical (unpaired) electrons. The van der Waals surface area contributed by atoms with Crippen LogP contribution in [0.25, 0.3) is 0 Å². The third-order valence-electron chi connectivity index (χ3n) is 1.45. The van der Waals surface area contributed by atoms with Gasteiger partial charge in [-0.05, 0) is 0 Å². The SMILES string of the molecule is CC(=O)N[C@@H](CSC/C=C\CO)C(=O)O. The summed E-state index contributed by atoms with van der Waals surface area (Å²) in [5.74, 6) is -0.466. The monoisotopic (exact) mass is 233 g/mol. The van der Waals surface area contributed by atoms with Gasteiger partial charge in [0, 0.05) is 18.4 Å². The predicted octanol–water partition coefficient (Wildman–Crippen LogP) is -0.143. The molecule has 0 saturated carbocycles. The standard InChI is InChI=1S/C9H15NO4S/c1-7(12)10-8(9(13)14)6-15-5-3-2-4-11/h2-3,8,11H,4-6H2,1H3,(H,10,12)(H,13,14)/b3-2-/t8-/m0/s1. The van der Waals surface area contributed by atoms with Crippen molar-refractivity contribution < 1.29 is 19.8 Å². The Bertz CT molecular complexity index is 242. The van der Waals surface area contributed by atoms with Crippen LogP contribution < -0.4 is 5.32 Å². The van der Waals surface area contributed by atoms with Gasteiger partial charge in [0.15, 0.2) is 0 Å². The fourth-order valence-corrected chi connectivity index (χ4v) is 1.69. The Labute approximate surface area is 92.6 Å². The summed E-state index contributed by atoms with van der Waals surface area (Å²) in [6.07, 6.45) is 3.33. The molecule has 0 rings (SSSR count). The molecule has 0 aliphatic heterocycles. The van der Waals surface area contributed by atoms with Gasteiger partial charge >= 0.3 is 5.97 Å². The van der Waals surface area contributed by atoms with Crippen molar-refractivity contribution in [2.24, 2.45) is 0 Å². The Morgan fingerprint density at radius 2 is 2.13 bits per heavy atom. The second-order valence-electron chi connectivity index (χ2n) is 2.78. The van der Waals surface area contributed by atoms with Gasteiger partial charge in [0.2, 0.25) is 5.91 Å². The van der Waals surface area contributed by atoms with E-state index in [2.05, 4.69) is 5.32 Å². The van der Waals surface area contributed by atoms with Crippen molar-refractivity contribution in [3.05, 3.63) is 12.2 Å². The third-order valence-corrected chi connectivity index (χ3v) is 2.44. The number of carbonyl (C=O) groups is 2. The van der Waals surface area contributed by atoms with Crippen LogP contribution in [-0.2, 0) is 9.59 Å². The normalized spacial score (nSPS) is 12.7. The zero-order chi connectivity index (χ0) is 11.7. The first kappa shape index (κ1) is 14.0. The minimum atomic E-state index is -1.04. The molecule has 86 valence electrons. The van der Waals surface area contributed by atoms with Crippen LogP contribution in [0.3, 0.4) is 0 Å². The molecular formula is C9H15NO4S. The molecule has 0 aromatic heterocycles. The molecule has 0 fully saturated rings. The lowest BCUT2D eigenvalue weighted by Crippen LogP contribution is -2.41. The highest BCUT2D eigenvalue weighted by molar-refractivity contribution is 7.99. The maximum Gasteiger partial charge on any atom is 0.327 e. The smallest absolute Gasteiger partial charge is 0.327 e. The first-order valence-corrected chi connectivity index (χ1v) is 5.57. The van der Waals surface area contributed by atoms with Gasteiger partial charge in [0.1, 0.15) is 6.04 Å². The Balaban J connectivity index is 3.81. The van der Waals surface area contributed by atoms with E-state index in [1.165, 1.54) is 18.7 Å². The van der Waals surface area contributed by atoms with E-state index < -0.39 is 12.0 Å². The maximum absolute atomic E-state index is 10.7. The van der Waals surface area contributed by atoms with Gasteiger partial charge in [-0.3, -0.25) is 4.79 Å². The van der Waals surface area contributed by atoms with Crippen molar-refractivity contribution in [2.45, 2.75) is 13.0 Å². The largest absolute Gasteiger partial charge is 0.480 e. The van der Waals surface area contributed by atoms with Gasteiger partial charge in [-0.1, -0.05) is 12.2 Å². The van der Waals surface area contributed by atoms with Crippen molar-refractivity contribution in [1.29, 1.82) is 0 Å². The number of rotatable bonds is 7. The fourth-order valence-electron chi connectivity index (χ4n) is 0.817. The summed E-state index contributed by atoms with van der Waals surface area (Å²) in [7, 11) is 0. The van der Waals surface area contributed by atoms with E-state index in [0.29, 0.717) is 11.5 Å². The van der Waals surface area contributed by atoms with E-state index in [9.17, 15) is 9.59 Å². The van der Waals surface area contributed by atoms with E-state index in [-0.39, 0.29) is 12.5 Å².